The number of ether oxygens (including phenoxy) is 2. The molecule has 10 nitrogen and oxygen atoms in total. The number of alkyl carbamates (subject to hydrolysis) is 1. The van der Waals surface area contributed by atoms with E-state index < -0.39 is 23.8 Å². The fourth-order valence-corrected chi connectivity index (χ4v) is 3.12. The summed E-state index contributed by atoms with van der Waals surface area (Å²) < 4.78 is 9.95. The summed E-state index contributed by atoms with van der Waals surface area (Å²) in [6, 6.07) is 7.70. The number of halogens is 1. The summed E-state index contributed by atoms with van der Waals surface area (Å²) in [6.45, 7) is 9.71. The van der Waals surface area contributed by atoms with Gasteiger partial charge in [-0.1, -0.05) is 37.6 Å². The van der Waals surface area contributed by atoms with Gasteiger partial charge >= 0.3 is 12.2 Å². The number of hydrogen-bond acceptors (Lipinski definition) is 7. The van der Waals surface area contributed by atoms with Crippen molar-refractivity contribution in [1.29, 1.82) is 0 Å². The zero-order valence-corrected chi connectivity index (χ0v) is 21.5. The topological polar surface area (TPSA) is 132 Å². The van der Waals surface area contributed by atoms with Gasteiger partial charge < -0.3 is 20.1 Å². The molecule has 3 N–H and O–H groups in total. The summed E-state index contributed by atoms with van der Waals surface area (Å²) in [7, 11) is 1.28. The minimum atomic E-state index is -0.805. The average Bonchev–Trinajstić information content (AvgIpc) is 2.77. The third kappa shape index (κ3) is 9.40. The van der Waals surface area contributed by atoms with Gasteiger partial charge in [-0.15, -0.1) is 5.10 Å². The Morgan fingerprint density at radius 3 is 2.29 bits per heavy atom. The average molecular weight is 506 g/mol. The number of hydrogen-bond donors (Lipinski definition) is 3. The Labute approximate surface area is 210 Å². The summed E-state index contributed by atoms with van der Waals surface area (Å²) in [5.41, 5.74) is 1.39. The molecule has 0 fully saturated rings. The quantitative estimate of drug-likeness (QED) is 0.473. The van der Waals surface area contributed by atoms with Gasteiger partial charge in [0.1, 0.15) is 5.60 Å². The molecule has 2 rings (SSSR count). The van der Waals surface area contributed by atoms with E-state index in [1.807, 2.05) is 13.8 Å². The van der Waals surface area contributed by atoms with E-state index in [2.05, 4.69) is 30.9 Å². The molecule has 11 heteroatoms. The molecule has 35 heavy (non-hydrogen) atoms. The van der Waals surface area contributed by atoms with Crippen molar-refractivity contribution in [3.8, 4) is 11.1 Å². The smallest absolute Gasteiger partial charge is 0.411 e. The zero-order valence-electron chi connectivity index (χ0n) is 20.8. The zero-order chi connectivity index (χ0) is 26.2. The highest BCUT2D eigenvalue weighted by Crippen LogP contribution is 2.29. The van der Waals surface area contributed by atoms with E-state index in [9.17, 15) is 14.4 Å². The van der Waals surface area contributed by atoms with E-state index in [1.54, 1.807) is 51.1 Å². The van der Waals surface area contributed by atoms with Crippen LogP contribution in [-0.2, 0) is 14.3 Å². The van der Waals surface area contributed by atoms with Crippen LogP contribution in [0.2, 0.25) is 5.15 Å². The number of amides is 3. The summed E-state index contributed by atoms with van der Waals surface area (Å²) in [5, 5.41) is 16.4. The molecule has 0 unspecified atom stereocenters. The van der Waals surface area contributed by atoms with Crippen LogP contribution in [0.1, 0.15) is 52.8 Å². The van der Waals surface area contributed by atoms with E-state index in [0.717, 1.165) is 0 Å². The molecule has 0 saturated heterocycles. The molecular weight excluding hydrogens is 474 g/mol. The largest absolute Gasteiger partial charge is 0.453 e. The van der Waals surface area contributed by atoms with Gasteiger partial charge in [-0.3, -0.25) is 10.1 Å². The maximum atomic E-state index is 12.5. The fourth-order valence-electron chi connectivity index (χ4n) is 2.92. The lowest BCUT2D eigenvalue weighted by Gasteiger charge is -2.23. The highest BCUT2D eigenvalue weighted by Gasteiger charge is 2.25. The molecule has 1 atom stereocenters. The van der Waals surface area contributed by atoms with E-state index in [4.69, 9.17) is 16.3 Å². The second-order valence-electron chi connectivity index (χ2n) is 9.27. The first-order valence-electron chi connectivity index (χ1n) is 11.1. The van der Waals surface area contributed by atoms with Gasteiger partial charge in [-0.25, -0.2) is 9.59 Å². The third-order valence-electron chi connectivity index (χ3n) is 4.54. The lowest BCUT2D eigenvalue weighted by Crippen LogP contribution is -2.38. The van der Waals surface area contributed by atoms with Crippen LogP contribution in [0.3, 0.4) is 0 Å². The first-order valence-corrected chi connectivity index (χ1v) is 11.5. The van der Waals surface area contributed by atoms with E-state index >= 15 is 0 Å². The van der Waals surface area contributed by atoms with Crippen LogP contribution in [0.5, 0.6) is 0 Å². The standard InChI is InChI=1S/C24H32ClN5O5/c1-14(2)13-26-20(31)12-18(28-23(33)35-24(3,4)5)19-11-17(21(25)30-29-19)15-7-9-16(10-8-15)27-22(32)34-6/h7-11,14,18H,12-13H2,1-6H3,(H,26,31)(H,27,32)(H,28,33)/t18-/m0/s1. The molecule has 1 heterocycles. The van der Waals surface area contributed by atoms with E-state index in [0.29, 0.717) is 29.1 Å². The van der Waals surface area contributed by atoms with Crippen LogP contribution in [-0.4, -0.2) is 47.5 Å². The third-order valence-corrected chi connectivity index (χ3v) is 4.82. The Morgan fingerprint density at radius 2 is 1.71 bits per heavy atom. The van der Waals surface area contributed by atoms with E-state index in [1.165, 1.54) is 7.11 Å². The molecule has 0 aliphatic heterocycles. The molecule has 190 valence electrons. The Hall–Kier alpha value is -3.40. The second-order valence-corrected chi connectivity index (χ2v) is 9.63. The van der Waals surface area contributed by atoms with Gasteiger partial charge in [-0.05, 0) is 50.5 Å². The van der Waals surface area contributed by atoms with Crippen LogP contribution in [0.4, 0.5) is 15.3 Å². The number of nitrogens with one attached hydrogen (secondary N) is 3. The molecule has 0 bridgehead atoms. The fraction of sp³-hybridized carbons (Fsp3) is 0.458. The monoisotopic (exact) mass is 505 g/mol. The molecule has 0 aliphatic rings. The summed E-state index contributed by atoms with van der Waals surface area (Å²) >= 11 is 6.31. The SMILES string of the molecule is COC(=O)Nc1ccc(-c2cc([C@H](CC(=O)NCC(C)C)NC(=O)OC(C)(C)C)nnc2Cl)cc1. The van der Waals surface area contributed by atoms with Crippen molar-refractivity contribution in [2.24, 2.45) is 5.92 Å². The van der Waals surface area contributed by atoms with Crippen LogP contribution in [0.15, 0.2) is 30.3 Å². The molecule has 0 radical (unpaired) electrons. The summed E-state index contributed by atoms with van der Waals surface area (Å²) in [4.78, 5) is 36.4. The number of methoxy groups -OCH3 is 1. The summed E-state index contributed by atoms with van der Waals surface area (Å²) in [6.07, 6.45) is -1.34. The van der Waals surface area contributed by atoms with E-state index in [-0.39, 0.29) is 23.4 Å². The van der Waals surface area contributed by atoms with Crippen molar-refractivity contribution in [3.05, 3.63) is 41.2 Å². The van der Waals surface area contributed by atoms with Crippen LogP contribution >= 0.6 is 11.6 Å². The lowest BCUT2D eigenvalue weighted by molar-refractivity contribution is -0.121. The first kappa shape index (κ1) is 27.8. The molecular formula is C24H32ClN5O5. The maximum Gasteiger partial charge on any atom is 0.411 e. The van der Waals surface area contributed by atoms with Crippen molar-refractivity contribution in [2.75, 3.05) is 19.0 Å². The Bertz CT molecular complexity index is 1040. The molecule has 0 aliphatic carbocycles. The van der Waals surface area contributed by atoms with Crippen molar-refractivity contribution in [2.45, 2.75) is 52.7 Å². The minimum absolute atomic E-state index is 0.0658. The molecule has 1 aromatic carbocycles. The number of anilines is 1. The lowest BCUT2D eigenvalue weighted by atomic mass is 10.0. The van der Waals surface area contributed by atoms with Crippen molar-refractivity contribution < 1.29 is 23.9 Å². The predicted molar refractivity (Wildman–Crippen MR) is 133 cm³/mol. The summed E-state index contributed by atoms with van der Waals surface area (Å²) in [5.74, 6) is 0.0195. The van der Waals surface area contributed by atoms with Crippen molar-refractivity contribution in [1.82, 2.24) is 20.8 Å². The number of nitrogens with zero attached hydrogens (tertiary/aromatic N) is 2. The number of carbonyl (C=O) groups excluding carboxylic acids is 3. The van der Waals surface area contributed by atoms with Gasteiger partial charge in [0, 0.05) is 17.8 Å². The molecule has 1 aromatic heterocycles. The van der Waals surface area contributed by atoms with Crippen LogP contribution in [0.25, 0.3) is 11.1 Å². The second kappa shape index (κ2) is 12.3. The normalized spacial score (nSPS) is 12.0. The molecule has 3 amide bonds. The van der Waals surface area contributed by atoms with Gasteiger partial charge in [0.05, 0.1) is 25.3 Å². The number of aromatic nitrogens is 2. The van der Waals surface area contributed by atoms with Crippen LogP contribution in [0, 0.1) is 5.92 Å². The van der Waals surface area contributed by atoms with Crippen molar-refractivity contribution >= 4 is 35.4 Å². The number of carbonyl (C=O) groups is 3. The highest BCUT2D eigenvalue weighted by molar-refractivity contribution is 6.32. The van der Waals surface area contributed by atoms with Gasteiger partial charge in [0.2, 0.25) is 5.91 Å². The van der Waals surface area contributed by atoms with Gasteiger partial charge in [0.15, 0.2) is 5.15 Å². The molecule has 2 aromatic rings. The molecule has 0 saturated carbocycles. The van der Waals surface area contributed by atoms with Gasteiger partial charge in [-0.2, -0.15) is 5.10 Å². The maximum absolute atomic E-state index is 12.5. The number of rotatable bonds is 8. The number of benzene rings is 1. The van der Waals surface area contributed by atoms with Gasteiger partial charge in [0.25, 0.3) is 0 Å². The molecule has 0 spiro atoms. The highest BCUT2D eigenvalue weighted by atomic mass is 35.5. The predicted octanol–water partition coefficient (Wildman–Crippen LogP) is 4.70. The first-order chi connectivity index (χ1) is 16.4. The Kier molecular flexibility index (Phi) is 9.82. The minimum Gasteiger partial charge on any atom is -0.453 e. The van der Waals surface area contributed by atoms with Crippen molar-refractivity contribution in [3.63, 3.8) is 0 Å². The Balaban J connectivity index is 2.33. The van der Waals surface area contributed by atoms with Crippen LogP contribution < -0.4 is 16.0 Å². The Morgan fingerprint density at radius 1 is 1.06 bits per heavy atom.